The van der Waals surface area contributed by atoms with Crippen molar-refractivity contribution in [2.24, 2.45) is 0 Å². The molecule has 2 heterocycles. The maximum absolute atomic E-state index is 14.3. The monoisotopic (exact) mass is 718 g/mol. The van der Waals surface area contributed by atoms with Gasteiger partial charge in [-0.25, -0.2) is 9.80 Å². The lowest BCUT2D eigenvalue weighted by Crippen LogP contribution is -2.29. The molecule has 4 aromatic carbocycles. The summed E-state index contributed by atoms with van der Waals surface area (Å²) >= 11 is 0. The highest BCUT2D eigenvalue weighted by molar-refractivity contribution is 6.29. The van der Waals surface area contributed by atoms with Crippen LogP contribution in [0.4, 0.5) is 49.1 Å². The second kappa shape index (κ2) is 13.1. The first kappa shape index (κ1) is 35.0. The number of amides is 6. The van der Waals surface area contributed by atoms with E-state index < -0.39 is 81.4 Å². The smallest absolute Gasteiger partial charge is 0.322 e. The topological polar surface area (TPSA) is 133 Å². The van der Waals surface area contributed by atoms with Gasteiger partial charge in [-0.15, -0.1) is 0 Å². The molecular formula is C36H20F6N4O6. The number of rotatable bonds is 7. The maximum atomic E-state index is 14.3. The highest BCUT2D eigenvalue weighted by Gasteiger charge is 2.39. The quantitative estimate of drug-likeness (QED) is 0.161. The number of alkyl halides is 6. The standard InChI is InChI=1S/C36H20F6N4O6/c37-35(38,39)27-17-21(43-33(51)19-1-7-23(8-2-19)45-29(47)13-14-30(45)48)5-11-25(27)26-12-6-22(18-28(26)36(40,41)42)44-34(52)20-3-9-24(10-4-20)46-31(49)15-16-32(46)50/h1-18H,(H,43,51)(H,44,52). The van der Waals surface area contributed by atoms with Crippen LogP contribution in [-0.4, -0.2) is 35.4 Å². The number of carbonyl (C=O) groups excluding carboxylic acids is 6. The van der Waals surface area contributed by atoms with E-state index in [4.69, 9.17) is 0 Å². The summed E-state index contributed by atoms with van der Waals surface area (Å²) in [5.74, 6) is -4.18. The van der Waals surface area contributed by atoms with Gasteiger partial charge in [0.1, 0.15) is 0 Å². The molecule has 0 radical (unpaired) electrons. The van der Waals surface area contributed by atoms with Crippen molar-refractivity contribution in [1.82, 2.24) is 0 Å². The molecule has 4 aromatic rings. The molecule has 52 heavy (non-hydrogen) atoms. The van der Waals surface area contributed by atoms with Crippen LogP contribution in [0.5, 0.6) is 0 Å². The Labute approximate surface area is 288 Å². The summed E-state index contributed by atoms with van der Waals surface area (Å²) in [6, 6.07) is 14.5. The molecule has 262 valence electrons. The molecule has 0 bridgehead atoms. The van der Waals surface area contributed by atoms with E-state index in [2.05, 4.69) is 10.6 Å². The lowest BCUT2D eigenvalue weighted by molar-refractivity contribution is -0.139. The summed E-state index contributed by atoms with van der Waals surface area (Å²) < 4.78 is 85.8. The van der Waals surface area contributed by atoms with Gasteiger partial charge in [0.25, 0.3) is 35.4 Å². The minimum Gasteiger partial charge on any atom is -0.322 e. The molecule has 6 rings (SSSR count). The van der Waals surface area contributed by atoms with Gasteiger partial charge < -0.3 is 10.6 Å². The third-order valence-corrected chi connectivity index (χ3v) is 7.85. The summed E-state index contributed by atoms with van der Waals surface area (Å²) in [4.78, 5) is 74.9. The fourth-order valence-corrected chi connectivity index (χ4v) is 5.42. The molecule has 10 nitrogen and oxygen atoms in total. The molecule has 0 fully saturated rings. The van der Waals surface area contributed by atoms with E-state index in [1.807, 2.05) is 0 Å². The third kappa shape index (κ3) is 6.94. The Morgan fingerprint density at radius 3 is 1.06 bits per heavy atom. The van der Waals surface area contributed by atoms with Crippen molar-refractivity contribution in [3.63, 3.8) is 0 Å². The number of anilines is 4. The predicted octanol–water partition coefficient (Wildman–Crippen LogP) is 6.75. The Balaban J connectivity index is 1.24. The zero-order valence-corrected chi connectivity index (χ0v) is 26.0. The molecule has 16 heteroatoms. The van der Waals surface area contributed by atoms with E-state index in [9.17, 15) is 55.1 Å². The van der Waals surface area contributed by atoms with Gasteiger partial charge in [0.05, 0.1) is 22.5 Å². The molecule has 0 spiro atoms. The number of hydrogen-bond acceptors (Lipinski definition) is 6. The van der Waals surface area contributed by atoms with Crippen molar-refractivity contribution < 1.29 is 55.1 Å². The van der Waals surface area contributed by atoms with Gasteiger partial charge in [-0.3, -0.25) is 28.8 Å². The second-order valence-electron chi connectivity index (χ2n) is 11.2. The predicted molar refractivity (Wildman–Crippen MR) is 174 cm³/mol. The zero-order valence-electron chi connectivity index (χ0n) is 26.0. The molecule has 0 saturated heterocycles. The highest BCUT2D eigenvalue weighted by Crippen LogP contribution is 2.44. The first-order valence-electron chi connectivity index (χ1n) is 14.9. The molecule has 0 unspecified atom stereocenters. The fraction of sp³-hybridized carbons (Fsp3) is 0.0556. The van der Waals surface area contributed by atoms with E-state index in [-0.39, 0.29) is 22.5 Å². The number of carbonyl (C=O) groups is 6. The molecule has 6 amide bonds. The van der Waals surface area contributed by atoms with Crippen LogP contribution in [-0.2, 0) is 31.5 Å². The van der Waals surface area contributed by atoms with E-state index >= 15 is 0 Å². The van der Waals surface area contributed by atoms with Gasteiger partial charge in [-0.1, -0.05) is 12.1 Å². The van der Waals surface area contributed by atoms with Crippen molar-refractivity contribution in [3.8, 4) is 11.1 Å². The van der Waals surface area contributed by atoms with Crippen molar-refractivity contribution >= 4 is 58.2 Å². The number of imide groups is 2. The Bertz CT molecular complexity index is 2050. The Morgan fingerprint density at radius 1 is 0.462 bits per heavy atom. The van der Waals surface area contributed by atoms with Crippen LogP contribution in [0.2, 0.25) is 0 Å². The molecule has 0 atom stereocenters. The first-order chi connectivity index (χ1) is 24.5. The lowest BCUT2D eigenvalue weighted by atomic mass is 9.93. The van der Waals surface area contributed by atoms with Gasteiger partial charge in [-0.2, -0.15) is 26.3 Å². The summed E-state index contributed by atoms with van der Waals surface area (Å²) in [5, 5.41) is 4.53. The molecule has 2 aliphatic rings. The molecule has 0 aromatic heterocycles. The number of nitrogens with zero attached hydrogens (tertiary/aromatic N) is 2. The van der Waals surface area contributed by atoms with Crippen LogP contribution in [0, 0.1) is 0 Å². The van der Waals surface area contributed by atoms with Gasteiger partial charge in [0.2, 0.25) is 0 Å². The second-order valence-corrected chi connectivity index (χ2v) is 11.2. The Hall–Kier alpha value is -6.84. The van der Waals surface area contributed by atoms with Crippen molar-refractivity contribution in [2.75, 3.05) is 20.4 Å². The van der Waals surface area contributed by atoms with E-state index in [1.54, 1.807) is 0 Å². The SMILES string of the molecule is O=C(Nc1ccc(-c2ccc(NC(=O)c3ccc(N4C(=O)C=CC4=O)cc3)cc2C(F)(F)F)c(C(F)(F)F)c1)c1ccc(N2C(=O)C=CC2=O)cc1. The maximum Gasteiger partial charge on any atom is 0.417 e. The highest BCUT2D eigenvalue weighted by atomic mass is 19.4. The van der Waals surface area contributed by atoms with E-state index in [1.165, 1.54) is 48.5 Å². The average molecular weight is 719 g/mol. The number of halogens is 6. The van der Waals surface area contributed by atoms with Gasteiger partial charge in [-0.05, 0) is 83.9 Å². The van der Waals surface area contributed by atoms with Crippen LogP contribution in [0.25, 0.3) is 11.1 Å². The average Bonchev–Trinajstić information content (AvgIpc) is 3.62. The van der Waals surface area contributed by atoms with E-state index in [0.29, 0.717) is 12.1 Å². The van der Waals surface area contributed by atoms with E-state index in [0.717, 1.165) is 58.4 Å². The van der Waals surface area contributed by atoms with Gasteiger partial charge in [0.15, 0.2) is 0 Å². The minimum atomic E-state index is -5.18. The molecular weight excluding hydrogens is 698 g/mol. The largest absolute Gasteiger partial charge is 0.417 e. The molecule has 0 aliphatic carbocycles. The van der Waals surface area contributed by atoms with Crippen molar-refractivity contribution in [3.05, 3.63) is 131 Å². The van der Waals surface area contributed by atoms with Crippen LogP contribution in [0.3, 0.4) is 0 Å². The third-order valence-electron chi connectivity index (χ3n) is 7.85. The van der Waals surface area contributed by atoms with Crippen LogP contribution in [0.15, 0.2) is 109 Å². The first-order valence-corrected chi connectivity index (χ1v) is 14.9. The molecule has 2 aliphatic heterocycles. The van der Waals surface area contributed by atoms with Crippen molar-refractivity contribution in [2.45, 2.75) is 12.4 Å². The summed E-state index contributed by atoms with van der Waals surface area (Å²) in [6.07, 6.45) is -6.13. The number of nitrogens with one attached hydrogen (secondary N) is 2. The Kier molecular flexibility index (Phi) is 8.84. The number of benzene rings is 4. The van der Waals surface area contributed by atoms with Crippen molar-refractivity contribution in [1.29, 1.82) is 0 Å². The van der Waals surface area contributed by atoms with Gasteiger partial charge in [0, 0.05) is 46.8 Å². The minimum absolute atomic E-state index is 0.0597. The molecule has 0 saturated carbocycles. The van der Waals surface area contributed by atoms with Crippen LogP contribution >= 0.6 is 0 Å². The Morgan fingerprint density at radius 2 is 0.769 bits per heavy atom. The summed E-state index contributed by atoms with van der Waals surface area (Å²) in [6.45, 7) is 0. The normalized spacial score (nSPS) is 14.4. The van der Waals surface area contributed by atoms with Crippen LogP contribution < -0.4 is 20.4 Å². The summed E-state index contributed by atoms with van der Waals surface area (Å²) in [5.41, 5.74) is -5.31. The molecule has 2 N–H and O–H groups in total. The zero-order chi connectivity index (χ0) is 37.5. The van der Waals surface area contributed by atoms with Gasteiger partial charge >= 0.3 is 12.4 Å². The fourth-order valence-electron chi connectivity index (χ4n) is 5.42. The lowest BCUT2D eigenvalue weighted by Gasteiger charge is -2.20. The summed E-state index contributed by atoms with van der Waals surface area (Å²) in [7, 11) is 0. The van der Waals surface area contributed by atoms with Crippen LogP contribution in [0.1, 0.15) is 31.8 Å². The number of hydrogen-bond donors (Lipinski definition) is 2.